The third-order valence-corrected chi connectivity index (χ3v) is 7.32. The van der Waals surface area contributed by atoms with Crippen molar-refractivity contribution in [3.63, 3.8) is 0 Å². The standard InChI is InChI=1S/C20H37N3O2/c1-21-7-3-17(4-8-21)15-22-9-5-20(6-10-22)16-23(11-12-25-20)18-13-19(14-18)24-2/h17-19H,3-16H2,1-2H3. The summed E-state index contributed by atoms with van der Waals surface area (Å²) in [6, 6.07) is 0.739. The van der Waals surface area contributed by atoms with Crippen molar-refractivity contribution >= 4 is 0 Å². The molecule has 25 heavy (non-hydrogen) atoms. The molecule has 3 saturated heterocycles. The van der Waals surface area contributed by atoms with E-state index in [4.69, 9.17) is 9.47 Å². The molecule has 4 fully saturated rings. The van der Waals surface area contributed by atoms with Crippen LogP contribution in [0.5, 0.6) is 0 Å². The summed E-state index contributed by atoms with van der Waals surface area (Å²) in [6.07, 6.45) is 8.13. The monoisotopic (exact) mass is 351 g/mol. The molecule has 5 nitrogen and oxygen atoms in total. The van der Waals surface area contributed by atoms with Crippen molar-refractivity contribution in [2.24, 2.45) is 5.92 Å². The lowest BCUT2D eigenvalue weighted by Crippen LogP contribution is -2.61. The Kier molecular flexibility index (Phi) is 5.68. The second-order valence-electron chi connectivity index (χ2n) is 9.03. The first-order chi connectivity index (χ1) is 12.2. The maximum absolute atomic E-state index is 6.35. The number of hydrogen-bond donors (Lipinski definition) is 0. The molecule has 1 aliphatic carbocycles. The SMILES string of the molecule is COC1CC(N2CCOC3(CCN(CC4CCN(C)CC4)CC3)C2)C1. The first kappa shape index (κ1) is 18.2. The number of likely N-dealkylation sites (tertiary alicyclic amines) is 2. The van der Waals surface area contributed by atoms with Gasteiger partial charge in [0.05, 0.1) is 18.3 Å². The largest absolute Gasteiger partial charge is 0.381 e. The van der Waals surface area contributed by atoms with Crippen molar-refractivity contribution in [2.45, 2.75) is 56.3 Å². The molecule has 0 amide bonds. The zero-order valence-corrected chi connectivity index (χ0v) is 16.3. The maximum Gasteiger partial charge on any atom is 0.0833 e. The van der Waals surface area contributed by atoms with Crippen LogP contribution in [0.25, 0.3) is 0 Å². The first-order valence-corrected chi connectivity index (χ1v) is 10.5. The molecule has 0 aromatic rings. The Balaban J connectivity index is 1.23. The average Bonchev–Trinajstić information content (AvgIpc) is 2.59. The number of piperidine rings is 2. The quantitative estimate of drug-likeness (QED) is 0.768. The minimum absolute atomic E-state index is 0.139. The Morgan fingerprint density at radius 2 is 1.76 bits per heavy atom. The molecule has 0 N–H and O–H groups in total. The van der Waals surface area contributed by atoms with E-state index in [0.717, 1.165) is 31.7 Å². The molecule has 0 atom stereocenters. The fourth-order valence-electron chi connectivity index (χ4n) is 5.27. The molecule has 1 saturated carbocycles. The van der Waals surface area contributed by atoms with Gasteiger partial charge in [-0.3, -0.25) is 4.90 Å². The molecular weight excluding hydrogens is 314 g/mol. The van der Waals surface area contributed by atoms with Gasteiger partial charge in [0, 0.05) is 45.9 Å². The van der Waals surface area contributed by atoms with E-state index >= 15 is 0 Å². The van der Waals surface area contributed by atoms with Crippen LogP contribution in [-0.4, -0.2) is 99.0 Å². The van der Waals surface area contributed by atoms with Gasteiger partial charge in [-0.15, -0.1) is 0 Å². The molecular formula is C20H37N3O2. The van der Waals surface area contributed by atoms with Crippen molar-refractivity contribution in [1.82, 2.24) is 14.7 Å². The van der Waals surface area contributed by atoms with Gasteiger partial charge in [-0.05, 0) is 64.6 Å². The van der Waals surface area contributed by atoms with Gasteiger partial charge in [0.25, 0.3) is 0 Å². The van der Waals surface area contributed by atoms with Gasteiger partial charge >= 0.3 is 0 Å². The molecule has 3 aliphatic heterocycles. The topological polar surface area (TPSA) is 28.2 Å². The molecule has 0 bridgehead atoms. The fraction of sp³-hybridized carbons (Fsp3) is 1.00. The van der Waals surface area contributed by atoms with Gasteiger partial charge in [-0.2, -0.15) is 0 Å². The first-order valence-electron chi connectivity index (χ1n) is 10.5. The van der Waals surface area contributed by atoms with E-state index in [1.807, 2.05) is 7.11 Å². The molecule has 3 heterocycles. The van der Waals surface area contributed by atoms with E-state index in [9.17, 15) is 0 Å². The average molecular weight is 352 g/mol. The Hall–Kier alpha value is -0.200. The molecule has 0 aromatic carbocycles. The number of rotatable bonds is 4. The highest BCUT2D eigenvalue weighted by Gasteiger charge is 2.44. The van der Waals surface area contributed by atoms with Crippen LogP contribution in [0.4, 0.5) is 0 Å². The second-order valence-corrected chi connectivity index (χ2v) is 9.03. The summed E-state index contributed by atoms with van der Waals surface area (Å²) >= 11 is 0. The summed E-state index contributed by atoms with van der Waals surface area (Å²) in [5, 5.41) is 0. The van der Waals surface area contributed by atoms with E-state index in [2.05, 4.69) is 21.7 Å². The van der Waals surface area contributed by atoms with Gasteiger partial charge in [0.1, 0.15) is 0 Å². The van der Waals surface area contributed by atoms with Crippen LogP contribution in [0.15, 0.2) is 0 Å². The van der Waals surface area contributed by atoms with Crippen LogP contribution in [0.3, 0.4) is 0 Å². The Morgan fingerprint density at radius 1 is 1.04 bits per heavy atom. The Bertz CT molecular complexity index is 425. The number of hydrogen-bond acceptors (Lipinski definition) is 5. The number of methoxy groups -OCH3 is 1. The maximum atomic E-state index is 6.35. The van der Waals surface area contributed by atoms with E-state index in [1.54, 1.807) is 0 Å². The van der Waals surface area contributed by atoms with Gasteiger partial charge in [-0.1, -0.05) is 0 Å². The van der Waals surface area contributed by atoms with Crippen LogP contribution >= 0.6 is 0 Å². The van der Waals surface area contributed by atoms with E-state index in [-0.39, 0.29) is 5.60 Å². The van der Waals surface area contributed by atoms with E-state index in [1.165, 1.54) is 71.2 Å². The van der Waals surface area contributed by atoms with Crippen molar-refractivity contribution in [1.29, 1.82) is 0 Å². The number of ether oxygens (including phenoxy) is 2. The zero-order valence-electron chi connectivity index (χ0n) is 16.3. The normalized spacial score (nSPS) is 35.8. The predicted molar refractivity (Wildman–Crippen MR) is 100.0 cm³/mol. The minimum atomic E-state index is 0.139. The molecule has 0 unspecified atom stereocenters. The summed E-state index contributed by atoms with van der Waals surface area (Å²) in [7, 11) is 4.10. The molecule has 0 radical (unpaired) electrons. The number of nitrogens with zero attached hydrogens (tertiary/aromatic N) is 3. The van der Waals surface area contributed by atoms with Crippen LogP contribution in [0, 0.1) is 5.92 Å². The lowest BCUT2D eigenvalue weighted by Gasteiger charge is -2.52. The summed E-state index contributed by atoms with van der Waals surface area (Å²) in [5.41, 5.74) is 0.139. The molecule has 1 spiro atoms. The summed E-state index contributed by atoms with van der Waals surface area (Å²) in [6.45, 7) is 9.51. The second kappa shape index (κ2) is 7.81. The summed E-state index contributed by atoms with van der Waals surface area (Å²) in [5.74, 6) is 0.912. The van der Waals surface area contributed by atoms with E-state index in [0.29, 0.717) is 6.10 Å². The van der Waals surface area contributed by atoms with Crippen molar-refractivity contribution in [2.75, 3.05) is 66.6 Å². The van der Waals surface area contributed by atoms with Crippen molar-refractivity contribution in [3.8, 4) is 0 Å². The van der Waals surface area contributed by atoms with Gasteiger partial charge in [0.2, 0.25) is 0 Å². The minimum Gasteiger partial charge on any atom is -0.381 e. The Labute approximate surface area is 153 Å². The van der Waals surface area contributed by atoms with Gasteiger partial charge in [-0.25, -0.2) is 0 Å². The molecule has 4 rings (SSSR count). The van der Waals surface area contributed by atoms with Crippen LogP contribution < -0.4 is 0 Å². The number of morpholine rings is 1. The lowest BCUT2D eigenvalue weighted by molar-refractivity contribution is -0.159. The highest BCUT2D eigenvalue weighted by atomic mass is 16.5. The third-order valence-electron chi connectivity index (χ3n) is 7.32. The molecule has 4 aliphatic rings. The predicted octanol–water partition coefficient (Wildman–Crippen LogP) is 1.67. The zero-order chi connectivity index (χ0) is 17.3. The molecule has 0 aromatic heterocycles. The van der Waals surface area contributed by atoms with Crippen molar-refractivity contribution < 1.29 is 9.47 Å². The van der Waals surface area contributed by atoms with Gasteiger partial charge < -0.3 is 19.3 Å². The van der Waals surface area contributed by atoms with E-state index < -0.39 is 0 Å². The van der Waals surface area contributed by atoms with Crippen LogP contribution in [0.1, 0.15) is 38.5 Å². The highest BCUT2D eigenvalue weighted by molar-refractivity contribution is 4.97. The smallest absolute Gasteiger partial charge is 0.0833 e. The highest BCUT2D eigenvalue weighted by Crippen LogP contribution is 2.35. The summed E-state index contributed by atoms with van der Waals surface area (Å²) < 4.78 is 11.8. The summed E-state index contributed by atoms with van der Waals surface area (Å²) in [4.78, 5) is 7.89. The van der Waals surface area contributed by atoms with Crippen molar-refractivity contribution in [3.05, 3.63) is 0 Å². The van der Waals surface area contributed by atoms with Gasteiger partial charge in [0.15, 0.2) is 0 Å². The van der Waals surface area contributed by atoms with Crippen LogP contribution in [0.2, 0.25) is 0 Å². The third kappa shape index (κ3) is 4.22. The van der Waals surface area contributed by atoms with Crippen LogP contribution in [-0.2, 0) is 9.47 Å². The molecule has 5 heteroatoms. The Morgan fingerprint density at radius 3 is 2.44 bits per heavy atom. The fourth-order valence-corrected chi connectivity index (χ4v) is 5.27. The molecule has 144 valence electrons. The lowest BCUT2D eigenvalue weighted by atomic mass is 9.83.